The highest BCUT2D eigenvalue weighted by atomic mass is 35.5. The fraction of sp³-hybridized carbons (Fsp3) is 0.455. The van der Waals surface area contributed by atoms with Gasteiger partial charge < -0.3 is 10.1 Å². The summed E-state index contributed by atoms with van der Waals surface area (Å²) in [4.78, 5) is 23.2. The van der Waals surface area contributed by atoms with Gasteiger partial charge in [-0.3, -0.25) is 4.79 Å². The van der Waals surface area contributed by atoms with Crippen molar-refractivity contribution in [3.8, 4) is 0 Å². The average Bonchev–Trinajstić information content (AvgIpc) is 2.60. The van der Waals surface area contributed by atoms with Crippen LogP contribution in [0.15, 0.2) is 5.38 Å². The summed E-state index contributed by atoms with van der Waals surface area (Å²) in [7, 11) is 0. The number of nitrogens with one attached hydrogen (secondary N) is 1. The standard InChI is InChI=1S/C11H14ClNO3S/c1-4-16-11(15)8-6(2)5-17-10(8)13-9(14)7(3)12/h5,7H,4H2,1-3H3,(H,13,14)/t7-/m1/s1. The second kappa shape index (κ2) is 6.02. The summed E-state index contributed by atoms with van der Waals surface area (Å²) in [5, 5.41) is 4.25. The number of rotatable bonds is 4. The van der Waals surface area contributed by atoms with Gasteiger partial charge in [-0.25, -0.2) is 4.79 Å². The van der Waals surface area contributed by atoms with Crippen molar-refractivity contribution in [3.05, 3.63) is 16.5 Å². The highest BCUT2D eigenvalue weighted by Gasteiger charge is 2.20. The van der Waals surface area contributed by atoms with Crippen molar-refractivity contribution in [2.24, 2.45) is 0 Å². The van der Waals surface area contributed by atoms with Crippen LogP contribution in [0.1, 0.15) is 29.8 Å². The minimum absolute atomic E-state index is 0.299. The molecule has 0 saturated carbocycles. The zero-order valence-electron chi connectivity index (χ0n) is 9.87. The Balaban J connectivity index is 2.94. The summed E-state index contributed by atoms with van der Waals surface area (Å²) in [6.07, 6.45) is 0. The Kier molecular flexibility index (Phi) is 4.96. The second-order valence-electron chi connectivity index (χ2n) is 3.45. The van der Waals surface area contributed by atoms with Crippen LogP contribution in [0.2, 0.25) is 0 Å². The Hall–Kier alpha value is -1.07. The highest BCUT2D eigenvalue weighted by molar-refractivity contribution is 7.15. The molecule has 1 heterocycles. The molecule has 0 fully saturated rings. The summed E-state index contributed by atoms with van der Waals surface area (Å²) in [6, 6.07) is 0. The van der Waals surface area contributed by atoms with Gasteiger partial charge in [-0.15, -0.1) is 22.9 Å². The molecule has 94 valence electrons. The number of hydrogen-bond acceptors (Lipinski definition) is 4. The zero-order valence-corrected chi connectivity index (χ0v) is 11.4. The molecular weight excluding hydrogens is 262 g/mol. The second-order valence-corrected chi connectivity index (χ2v) is 4.98. The van der Waals surface area contributed by atoms with Crippen molar-refractivity contribution in [2.75, 3.05) is 11.9 Å². The number of esters is 1. The van der Waals surface area contributed by atoms with E-state index in [1.807, 2.05) is 0 Å². The Bertz CT molecular complexity index is 428. The van der Waals surface area contributed by atoms with Gasteiger partial charge in [-0.1, -0.05) is 0 Å². The third kappa shape index (κ3) is 3.44. The largest absolute Gasteiger partial charge is 0.462 e. The Labute approximate surface area is 109 Å². The average molecular weight is 276 g/mol. The molecule has 1 rings (SSSR count). The SMILES string of the molecule is CCOC(=O)c1c(C)csc1NC(=O)[C@@H](C)Cl. The predicted molar refractivity (Wildman–Crippen MR) is 69.0 cm³/mol. The van der Waals surface area contributed by atoms with E-state index < -0.39 is 11.3 Å². The zero-order chi connectivity index (χ0) is 13.0. The van der Waals surface area contributed by atoms with E-state index in [0.29, 0.717) is 17.2 Å². The van der Waals surface area contributed by atoms with Crippen LogP contribution in [-0.2, 0) is 9.53 Å². The van der Waals surface area contributed by atoms with E-state index >= 15 is 0 Å². The van der Waals surface area contributed by atoms with E-state index in [1.54, 1.807) is 26.2 Å². The summed E-state index contributed by atoms with van der Waals surface area (Å²) in [6.45, 7) is 5.40. The first-order chi connectivity index (χ1) is 7.97. The quantitative estimate of drug-likeness (QED) is 0.679. The topological polar surface area (TPSA) is 55.4 Å². The van der Waals surface area contributed by atoms with Crippen molar-refractivity contribution in [1.29, 1.82) is 0 Å². The van der Waals surface area contributed by atoms with E-state index in [2.05, 4.69) is 5.32 Å². The molecule has 0 aliphatic carbocycles. The van der Waals surface area contributed by atoms with Crippen molar-refractivity contribution < 1.29 is 14.3 Å². The number of amides is 1. The molecule has 0 bridgehead atoms. The number of alkyl halides is 1. The molecule has 0 aliphatic heterocycles. The van der Waals surface area contributed by atoms with Crippen LogP contribution in [0, 0.1) is 6.92 Å². The van der Waals surface area contributed by atoms with E-state index in [-0.39, 0.29) is 5.91 Å². The maximum absolute atomic E-state index is 11.7. The maximum atomic E-state index is 11.7. The molecule has 17 heavy (non-hydrogen) atoms. The van der Waals surface area contributed by atoms with Crippen LogP contribution in [-0.4, -0.2) is 23.9 Å². The monoisotopic (exact) mass is 275 g/mol. The van der Waals surface area contributed by atoms with Gasteiger partial charge in [0, 0.05) is 0 Å². The van der Waals surface area contributed by atoms with Crippen molar-refractivity contribution in [3.63, 3.8) is 0 Å². The molecule has 0 unspecified atom stereocenters. The van der Waals surface area contributed by atoms with Crippen LogP contribution in [0.3, 0.4) is 0 Å². The van der Waals surface area contributed by atoms with Crippen LogP contribution in [0.5, 0.6) is 0 Å². The minimum atomic E-state index is -0.646. The summed E-state index contributed by atoms with van der Waals surface area (Å²) < 4.78 is 4.93. The van der Waals surface area contributed by atoms with Crippen molar-refractivity contribution >= 4 is 39.8 Å². The molecule has 0 spiro atoms. The Morgan fingerprint density at radius 2 is 2.24 bits per heavy atom. The molecule has 1 amide bonds. The van der Waals surface area contributed by atoms with Gasteiger partial charge in [-0.2, -0.15) is 0 Å². The van der Waals surface area contributed by atoms with Gasteiger partial charge >= 0.3 is 5.97 Å². The fourth-order valence-corrected chi connectivity index (χ4v) is 2.19. The molecule has 1 N–H and O–H groups in total. The predicted octanol–water partition coefficient (Wildman–Crippen LogP) is 2.80. The molecule has 1 aromatic heterocycles. The van der Waals surface area contributed by atoms with Crippen LogP contribution in [0.4, 0.5) is 5.00 Å². The Morgan fingerprint density at radius 1 is 1.59 bits per heavy atom. The first kappa shape index (κ1) is 14.0. The number of carbonyl (C=O) groups is 2. The van der Waals surface area contributed by atoms with Crippen LogP contribution < -0.4 is 5.32 Å². The summed E-state index contributed by atoms with van der Waals surface area (Å²) in [5.74, 6) is -0.761. The van der Waals surface area contributed by atoms with E-state index in [9.17, 15) is 9.59 Å². The number of anilines is 1. The smallest absolute Gasteiger partial charge is 0.341 e. The molecule has 4 nitrogen and oxygen atoms in total. The lowest BCUT2D eigenvalue weighted by Gasteiger charge is -2.07. The van der Waals surface area contributed by atoms with Crippen LogP contribution in [0.25, 0.3) is 0 Å². The normalized spacial score (nSPS) is 12.0. The molecule has 0 aromatic carbocycles. The lowest BCUT2D eigenvalue weighted by atomic mass is 10.2. The first-order valence-corrected chi connectivity index (χ1v) is 6.49. The fourth-order valence-electron chi connectivity index (χ4n) is 1.20. The summed E-state index contributed by atoms with van der Waals surface area (Å²) >= 11 is 6.94. The molecule has 6 heteroatoms. The summed E-state index contributed by atoms with van der Waals surface area (Å²) in [5.41, 5.74) is 1.19. The maximum Gasteiger partial charge on any atom is 0.341 e. The van der Waals surface area contributed by atoms with Crippen LogP contribution >= 0.6 is 22.9 Å². The number of hydrogen-bond donors (Lipinski definition) is 1. The van der Waals surface area contributed by atoms with Gasteiger partial charge in [0.1, 0.15) is 10.4 Å². The Morgan fingerprint density at radius 3 is 2.76 bits per heavy atom. The lowest BCUT2D eigenvalue weighted by molar-refractivity contribution is -0.115. The number of aryl methyl sites for hydroxylation is 1. The van der Waals surface area contributed by atoms with Gasteiger partial charge in [-0.05, 0) is 31.7 Å². The minimum Gasteiger partial charge on any atom is -0.462 e. The first-order valence-electron chi connectivity index (χ1n) is 5.17. The molecular formula is C11H14ClNO3S. The molecule has 1 atom stereocenters. The van der Waals surface area contributed by atoms with E-state index in [4.69, 9.17) is 16.3 Å². The number of thiophene rings is 1. The molecule has 0 saturated heterocycles. The third-order valence-corrected chi connectivity index (χ3v) is 3.26. The van der Waals surface area contributed by atoms with Gasteiger partial charge in [0.2, 0.25) is 5.91 Å². The lowest BCUT2D eigenvalue weighted by Crippen LogP contribution is -2.21. The number of carbonyl (C=O) groups excluding carboxylic acids is 2. The van der Waals surface area contributed by atoms with Gasteiger partial charge in [0.05, 0.1) is 12.2 Å². The van der Waals surface area contributed by atoms with Gasteiger partial charge in [0.25, 0.3) is 0 Å². The van der Waals surface area contributed by atoms with E-state index in [0.717, 1.165) is 5.56 Å². The number of halogens is 1. The van der Waals surface area contributed by atoms with Crippen molar-refractivity contribution in [1.82, 2.24) is 0 Å². The number of ether oxygens (including phenoxy) is 1. The molecule has 0 aliphatic rings. The van der Waals surface area contributed by atoms with Gasteiger partial charge in [0.15, 0.2) is 0 Å². The molecule has 0 radical (unpaired) electrons. The van der Waals surface area contributed by atoms with Crippen molar-refractivity contribution in [2.45, 2.75) is 26.1 Å². The molecule has 1 aromatic rings. The third-order valence-electron chi connectivity index (χ3n) is 2.05. The van der Waals surface area contributed by atoms with E-state index in [1.165, 1.54) is 11.3 Å². The highest BCUT2D eigenvalue weighted by Crippen LogP contribution is 2.28.